The summed E-state index contributed by atoms with van der Waals surface area (Å²) in [5.41, 5.74) is 4.01. The number of nitrogens with zero attached hydrogens (tertiary/aromatic N) is 2. The van der Waals surface area contributed by atoms with Crippen LogP contribution < -0.4 is 10.2 Å². The van der Waals surface area contributed by atoms with Gasteiger partial charge in [-0.2, -0.15) is 0 Å². The third-order valence-electron chi connectivity index (χ3n) is 4.43. The lowest BCUT2D eigenvalue weighted by atomic mass is 10.1. The molecule has 144 valence electrons. The van der Waals surface area contributed by atoms with E-state index >= 15 is 0 Å². The molecule has 1 N–H and O–H groups in total. The van der Waals surface area contributed by atoms with Crippen molar-refractivity contribution in [1.82, 2.24) is 4.90 Å². The van der Waals surface area contributed by atoms with E-state index in [1.54, 1.807) is 29.2 Å². The molecule has 0 fully saturated rings. The first-order valence-corrected chi connectivity index (χ1v) is 9.51. The Labute approximate surface area is 171 Å². The zero-order valence-corrected chi connectivity index (χ0v) is 16.9. The van der Waals surface area contributed by atoms with Crippen LogP contribution in [0.3, 0.4) is 0 Å². The Hall–Kier alpha value is -2.98. The van der Waals surface area contributed by atoms with E-state index in [2.05, 4.69) is 34.5 Å². The van der Waals surface area contributed by atoms with Gasteiger partial charge in [-0.05, 0) is 47.5 Å². The number of hydrogen-bond acceptors (Lipinski definition) is 2. The summed E-state index contributed by atoms with van der Waals surface area (Å²) >= 11 is 5.93. The van der Waals surface area contributed by atoms with Crippen molar-refractivity contribution in [3.63, 3.8) is 0 Å². The summed E-state index contributed by atoms with van der Waals surface area (Å²) in [6.07, 6.45) is 0. The van der Waals surface area contributed by atoms with Gasteiger partial charge in [0.2, 0.25) is 0 Å². The molecule has 0 heterocycles. The summed E-state index contributed by atoms with van der Waals surface area (Å²) in [4.78, 5) is 16.8. The van der Waals surface area contributed by atoms with Crippen molar-refractivity contribution in [3.8, 4) is 0 Å². The van der Waals surface area contributed by atoms with Crippen molar-refractivity contribution in [2.75, 3.05) is 24.3 Å². The zero-order valence-electron chi connectivity index (χ0n) is 16.1. The molecule has 0 aliphatic carbocycles. The number of anilines is 2. The molecule has 3 rings (SSSR count). The number of carbonyl (C=O) groups excluding carboxylic acids is 1. The van der Waals surface area contributed by atoms with Crippen molar-refractivity contribution >= 4 is 29.0 Å². The van der Waals surface area contributed by atoms with E-state index in [9.17, 15) is 4.79 Å². The Morgan fingerprint density at radius 3 is 1.96 bits per heavy atom. The first-order chi connectivity index (χ1) is 13.5. The number of hydrogen-bond donors (Lipinski definition) is 1. The third-order valence-corrected chi connectivity index (χ3v) is 4.68. The topological polar surface area (TPSA) is 35.6 Å². The Morgan fingerprint density at radius 1 is 0.821 bits per heavy atom. The van der Waals surface area contributed by atoms with Crippen LogP contribution in [0.5, 0.6) is 0 Å². The van der Waals surface area contributed by atoms with Crippen molar-refractivity contribution in [3.05, 3.63) is 95.0 Å². The summed E-state index contributed by atoms with van der Waals surface area (Å²) < 4.78 is 0. The van der Waals surface area contributed by atoms with Gasteiger partial charge in [0.1, 0.15) is 0 Å². The molecule has 0 unspecified atom stereocenters. The van der Waals surface area contributed by atoms with Crippen LogP contribution in [0.1, 0.15) is 11.1 Å². The van der Waals surface area contributed by atoms with Crippen molar-refractivity contribution in [1.29, 1.82) is 0 Å². The van der Waals surface area contributed by atoms with E-state index < -0.39 is 0 Å². The lowest BCUT2D eigenvalue weighted by Crippen LogP contribution is -2.34. The minimum absolute atomic E-state index is 0.150. The molecule has 0 saturated heterocycles. The Morgan fingerprint density at radius 2 is 1.39 bits per heavy atom. The standard InChI is InChI=1S/C23H24ClN3O/c1-26(2)22-14-8-19(9-15-22)17-27(16-18-6-4-3-5-7-18)23(28)25-21-12-10-20(24)11-13-21/h3-15H,16-17H2,1-2H3,(H,25,28). The predicted octanol–water partition coefficient (Wildman–Crippen LogP) is 5.64. The molecule has 0 bridgehead atoms. The molecule has 0 radical (unpaired) electrons. The van der Waals surface area contributed by atoms with Crippen LogP contribution in [0.2, 0.25) is 5.02 Å². The van der Waals surface area contributed by atoms with Gasteiger partial charge in [-0.1, -0.05) is 54.1 Å². The molecule has 2 amide bonds. The summed E-state index contributed by atoms with van der Waals surface area (Å²) in [7, 11) is 4.02. The van der Waals surface area contributed by atoms with Gasteiger partial charge in [-0.3, -0.25) is 0 Å². The first-order valence-electron chi connectivity index (χ1n) is 9.13. The molecular formula is C23H24ClN3O. The molecule has 4 nitrogen and oxygen atoms in total. The quantitative estimate of drug-likeness (QED) is 0.588. The van der Waals surface area contributed by atoms with E-state index in [-0.39, 0.29) is 6.03 Å². The first kappa shape index (κ1) is 19.8. The number of urea groups is 1. The van der Waals surface area contributed by atoms with Gasteiger partial charge in [-0.15, -0.1) is 0 Å². The van der Waals surface area contributed by atoms with Crippen molar-refractivity contribution in [2.45, 2.75) is 13.1 Å². The van der Waals surface area contributed by atoms with E-state index in [4.69, 9.17) is 11.6 Å². The number of halogens is 1. The summed E-state index contributed by atoms with van der Waals surface area (Å²) in [6.45, 7) is 1.04. The molecule has 3 aromatic carbocycles. The zero-order chi connectivity index (χ0) is 19.9. The lowest BCUT2D eigenvalue weighted by Gasteiger charge is -2.24. The largest absolute Gasteiger partial charge is 0.378 e. The fourth-order valence-electron chi connectivity index (χ4n) is 2.86. The van der Waals surface area contributed by atoms with Crippen LogP contribution >= 0.6 is 11.6 Å². The Bertz CT molecular complexity index is 893. The second-order valence-corrected chi connectivity index (χ2v) is 7.28. The maximum absolute atomic E-state index is 13.0. The van der Waals surface area contributed by atoms with Gasteiger partial charge in [0.05, 0.1) is 0 Å². The number of amides is 2. The lowest BCUT2D eigenvalue weighted by molar-refractivity contribution is 0.206. The maximum atomic E-state index is 13.0. The molecule has 0 saturated carbocycles. The van der Waals surface area contributed by atoms with Gasteiger partial charge in [0.25, 0.3) is 0 Å². The SMILES string of the molecule is CN(C)c1ccc(CN(Cc2ccccc2)C(=O)Nc2ccc(Cl)cc2)cc1. The number of benzene rings is 3. The van der Waals surface area contributed by atoms with E-state index in [1.165, 1.54) is 0 Å². The highest BCUT2D eigenvalue weighted by molar-refractivity contribution is 6.30. The predicted molar refractivity (Wildman–Crippen MR) is 117 cm³/mol. The second-order valence-electron chi connectivity index (χ2n) is 6.84. The minimum atomic E-state index is -0.150. The number of nitrogens with one attached hydrogen (secondary N) is 1. The fraction of sp³-hybridized carbons (Fsp3) is 0.174. The molecular weight excluding hydrogens is 370 g/mol. The van der Waals surface area contributed by atoms with Crippen LogP contribution in [0.4, 0.5) is 16.2 Å². The average Bonchev–Trinajstić information content (AvgIpc) is 2.70. The van der Waals surface area contributed by atoms with Gasteiger partial charge in [-0.25, -0.2) is 4.79 Å². The average molecular weight is 394 g/mol. The highest BCUT2D eigenvalue weighted by atomic mass is 35.5. The monoisotopic (exact) mass is 393 g/mol. The van der Waals surface area contributed by atoms with Crippen molar-refractivity contribution < 1.29 is 4.79 Å². The summed E-state index contributed by atoms with van der Waals surface area (Å²) in [5.74, 6) is 0. The van der Waals surface area contributed by atoms with E-state index in [1.807, 2.05) is 44.4 Å². The third kappa shape index (κ3) is 5.51. The summed E-state index contributed by atoms with van der Waals surface area (Å²) in [5, 5.41) is 3.60. The normalized spacial score (nSPS) is 10.4. The van der Waals surface area contributed by atoms with Gasteiger partial charge in [0.15, 0.2) is 0 Å². The van der Waals surface area contributed by atoms with Crippen molar-refractivity contribution in [2.24, 2.45) is 0 Å². The molecule has 28 heavy (non-hydrogen) atoms. The molecule has 0 aliphatic rings. The molecule has 3 aromatic rings. The van der Waals surface area contributed by atoms with Gasteiger partial charge >= 0.3 is 6.03 Å². The molecule has 0 spiro atoms. The molecule has 0 atom stereocenters. The highest BCUT2D eigenvalue weighted by Crippen LogP contribution is 2.18. The van der Waals surface area contributed by atoms with Crippen LogP contribution in [0.15, 0.2) is 78.9 Å². The Kier molecular flexibility index (Phi) is 6.56. The molecule has 0 aromatic heterocycles. The fourth-order valence-corrected chi connectivity index (χ4v) is 2.98. The maximum Gasteiger partial charge on any atom is 0.322 e. The second kappa shape index (κ2) is 9.29. The van der Waals surface area contributed by atoms with Gasteiger partial charge < -0.3 is 15.1 Å². The minimum Gasteiger partial charge on any atom is -0.378 e. The molecule has 0 aliphatic heterocycles. The van der Waals surface area contributed by atoms with Crippen LogP contribution in [0.25, 0.3) is 0 Å². The molecule has 5 heteroatoms. The van der Waals surface area contributed by atoms with E-state index in [0.717, 1.165) is 22.5 Å². The number of rotatable bonds is 6. The summed E-state index contributed by atoms with van der Waals surface area (Å²) in [6, 6.07) is 25.2. The van der Waals surface area contributed by atoms with Crippen LogP contribution in [-0.4, -0.2) is 25.0 Å². The van der Waals surface area contributed by atoms with Crippen LogP contribution in [-0.2, 0) is 13.1 Å². The smallest absolute Gasteiger partial charge is 0.322 e. The van der Waals surface area contributed by atoms with Crippen LogP contribution in [0, 0.1) is 0 Å². The highest BCUT2D eigenvalue weighted by Gasteiger charge is 2.15. The number of carbonyl (C=O) groups is 1. The Balaban J connectivity index is 1.77. The van der Waals surface area contributed by atoms with E-state index in [0.29, 0.717) is 18.1 Å². The van der Waals surface area contributed by atoms with Gasteiger partial charge in [0, 0.05) is 43.6 Å².